The van der Waals surface area contributed by atoms with Gasteiger partial charge in [-0.05, 0) is 65.7 Å². The van der Waals surface area contributed by atoms with Gasteiger partial charge in [0.2, 0.25) is 0 Å². The predicted octanol–water partition coefficient (Wildman–Crippen LogP) is 11.9. The van der Waals surface area contributed by atoms with E-state index in [0.29, 0.717) is 0 Å². The monoisotopic (exact) mass is 590 g/mol. The van der Waals surface area contributed by atoms with Crippen LogP contribution in [-0.4, -0.2) is 9.13 Å². The molecular formula is C42H26N2S. The summed E-state index contributed by atoms with van der Waals surface area (Å²) in [7, 11) is 0. The second-order valence-electron chi connectivity index (χ2n) is 11.7. The molecule has 2 nitrogen and oxygen atoms in total. The van der Waals surface area contributed by atoms with Gasteiger partial charge in [-0.15, -0.1) is 11.3 Å². The molecule has 0 atom stereocenters. The molecule has 0 saturated carbocycles. The highest BCUT2D eigenvalue weighted by Gasteiger charge is 2.24. The Morgan fingerprint density at radius 1 is 0.378 bits per heavy atom. The number of hydrogen-bond acceptors (Lipinski definition) is 1. The molecule has 0 aliphatic rings. The highest BCUT2D eigenvalue weighted by Crippen LogP contribution is 2.49. The highest BCUT2D eigenvalue weighted by molar-refractivity contribution is 7.26. The number of hydrogen-bond donors (Lipinski definition) is 0. The molecule has 0 aliphatic carbocycles. The lowest BCUT2D eigenvalue weighted by Gasteiger charge is -2.12. The molecule has 45 heavy (non-hydrogen) atoms. The lowest BCUT2D eigenvalue weighted by Crippen LogP contribution is -1.94. The van der Waals surface area contributed by atoms with E-state index in [4.69, 9.17) is 0 Å². The minimum absolute atomic E-state index is 1.17. The van der Waals surface area contributed by atoms with Gasteiger partial charge in [0.05, 0.1) is 26.8 Å². The normalized spacial score (nSPS) is 12.0. The predicted molar refractivity (Wildman–Crippen MR) is 193 cm³/mol. The molecule has 0 unspecified atom stereocenters. The largest absolute Gasteiger partial charge is 0.309 e. The summed E-state index contributed by atoms with van der Waals surface area (Å²) < 4.78 is 7.54. The van der Waals surface area contributed by atoms with E-state index < -0.39 is 0 Å². The standard InChI is InChI=1S/C42H26N2S/c1-3-14-27(15-4-1)43-35-22-10-7-19-31(35)39-30(21-13-24-37(39)43)33-26-34-29-18-9-12-25-38(29)45-42(34)41-40(33)32-20-8-11-23-36(32)44(41)28-16-5-2-6-17-28/h1-26H. The zero-order valence-electron chi connectivity index (χ0n) is 24.3. The van der Waals surface area contributed by atoms with Gasteiger partial charge in [-0.2, -0.15) is 0 Å². The number of fused-ring (bicyclic) bond motifs is 10. The first-order chi connectivity index (χ1) is 22.4. The van der Waals surface area contributed by atoms with Gasteiger partial charge in [-0.25, -0.2) is 0 Å². The molecule has 7 aromatic carbocycles. The molecule has 3 aromatic heterocycles. The van der Waals surface area contributed by atoms with Crippen LogP contribution in [0.1, 0.15) is 0 Å². The molecular weight excluding hydrogens is 565 g/mol. The van der Waals surface area contributed by atoms with Crippen molar-refractivity contribution in [3.63, 3.8) is 0 Å². The second-order valence-corrected chi connectivity index (χ2v) is 12.8. The van der Waals surface area contributed by atoms with Crippen LogP contribution in [0, 0.1) is 0 Å². The van der Waals surface area contributed by atoms with Crippen LogP contribution >= 0.6 is 11.3 Å². The van der Waals surface area contributed by atoms with E-state index in [1.165, 1.54) is 86.3 Å². The maximum absolute atomic E-state index is 2.49. The van der Waals surface area contributed by atoms with Crippen molar-refractivity contribution in [3.05, 3.63) is 158 Å². The summed E-state index contributed by atoms with van der Waals surface area (Å²) in [5.74, 6) is 0. The second kappa shape index (κ2) is 9.43. The minimum Gasteiger partial charge on any atom is -0.309 e. The van der Waals surface area contributed by atoms with Crippen LogP contribution in [0.2, 0.25) is 0 Å². The molecule has 0 spiro atoms. The SMILES string of the molecule is c1ccc(-n2c3ccccc3c3c(-c4cc5c6ccccc6sc5c5c4c4ccccc4n5-c4ccccc4)cccc32)cc1. The Hall–Kier alpha value is -5.64. The van der Waals surface area contributed by atoms with Gasteiger partial charge in [0.1, 0.15) is 0 Å². The smallest absolute Gasteiger partial charge is 0.0726 e. The lowest BCUT2D eigenvalue weighted by atomic mass is 9.93. The molecule has 10 rings (SSSR count). The number of nitrogens with zero attached hydrogens (tertiary/aromatic N) is 2. The van der Waals surface area contributed by atoms with Crippen molar-refractivity contribution in [1.29, 1.82) is 0 Å². The fourth-order valence-electron chi connectivity index (χ4n) is 7.49. The van der Waals surface area contributed by atoms with Crippen molar-refractivity contribution >= 4 is 75.1 Å². The third-order valence-corrected chi connectivity index (χ3v) is 10.5. The average molecular weight is 591 g/mol. The van der Waals surface area contributed by atoms with Crippen LogP contribution in [0.4, 0.5) is 0 Å². The van der Waals surface area contributed by atoms with E-state index in [2.05, 4.69) is 167 Å². The summed E-state index contributed by atoms with van der Waals surface area (Å²) in [6.07, 6.45) is 0. The number of aromatic nitrogens is 2. The van der Waals surface area contributed by atoms with Crippen molar-refractivity contribution in [2.45, 2.75) is 0 Å². The van der Waals surface area contributed by atoms with Crippen molar-refractivity contribution in [3.8, 4) is 22.5 Å². The van der Waals surface area contributed by atoms with Crippen LogP contribution in [0.3, 0.4) is 0 Å². The van der Waals surface area contributed by atoms with E-state index in [1.807, 2.05) is 11.3 Å². The average Bonchev–Trinajstić information content (AvgIpc) is 3.77. The van der Waals surface area contributed by atoms with Crippen LogP contribution in [-0.2, 0) is 0 Å². The quantitative estimate of drug-likeness (QED) is 0.194. The van der Waals surface area contributed by atoms with E-state index in [0.717, 1.165) is 0 Å². The fourth-order valence-corrected chi connectivity index (χ4v) is 8.71. The number of para-hydroxylation sites is 4. The minimum atomic E-state index is 1.17. The maximum atomic E-state index is 2.49. The molecule has 0 fully saturated rings. The molecule has 210 valence electrons. The lowest BCUT2D eigenvalue weighted by molar-refractivity contribution is 1.18. The number of benzene rings is 7. The zero-order valence-corrected chi connectivity index (χ0v) is 25.1. The van der Waals surface area contributed by atoms with Gasteiger partial charge in [0.25, 0.3) is 0 Å². The Balaban J connectivity index is 1.45. The summed E-state index contributed by atoms with van der Waals surface area (Å²) in [5.41, 5.74) is 9.82. The molecule has 10 aromatic rings. The van der Waals surface area contributed by atoms with Crippen LogP contribution < -0.4 is 0 Å². The Bertz CT molecular complexity index is 2740. The van der Waals surface area contributed by atoms with Crippen molar-refractivity contribution < 1.29 is 0 Å². The summed E-state index contributed by atoms with van der Waals surface area (Å²) in [4.78, 5) is 0. The van der Waals surface area contributed by atoms with E-state index in [9.17, 15) is 0 Å². The Morgan fingerprint density at radius 2 is 0.933 bits per heavy atom. The van der Waals surface area contributed by atoms with Gasteiger partial charge >= 0.3 is 0 Å². The molecule has 0 bridgehead atoms. The van der Waals surface area contributed by atoms with Gasteiger partial charge in [0.15, 0.2) is 0 Å². The van der Waals surface area contributed by atoms with Crippen molar-refractivity contribution in [2.24, 2.45) is 0 Å². The van der Waals surface area contributed by atoms with Gasteiger partial charge in [-0.1, -0.05) is 103 Å². The van der Waals surface area contributed by atoms with Crippen molar-refractivity contribution in [1.82, 2.24) is 9.13 Å². The number of thiophene rings is 1. The van der Waals surface area contributed by atoms with Gasteiger partial charge in [-0.3, -0.25) is 0 Å². The van der Waals surface area contributed by atoms with E-state index in [-0.39, 0.29) is 0 Å². The molecule has 0 saturated heterocycles. The Kier molecular flexibility index (Phi) is 5.19. The first-order valence-electron chi connectivity index (χ1n) is 15.4. The van der Waals surface area contributed by atoms with Gasteiger partial charge in [0, 0.05) is 48.4 Å². The first-order valence-corrected chi connectivity index (χ1v) is 16.2. The third kappa shape index (κ3) is 3.44. The summed E-state index contributed by atoms with van der Waals surface area (Å²) >= 11 is 1.90. The topological polar surface area (TPSA) is 9.86 Å². The fraction of sp³-hybridized carbons (Fsp3) is 0. The third-order valence-electron chi connectivity index (χ3n) is 9.30. The van der Waals surface area contributed by atoms with E-state index in [1.54, 1.807) is 0 Å². The van der Waals surface area contributed by atoms with Crippen LogP contribution in [0.15, 0.2) is 158 Å². The van der Waals surface area contributed by atoms with Gasteiger partial charge < -0.3 is 9.13 Å². The molecule has 0 N–H and O–H groups in total. The van der Waals surface area contributed by atoms with Crippen LogP contribution in [0.5, 0.6) is 0 Å². The summed E-state index contributed by atoms with van der Waals surface area (Å²) in [5, 5.41) is 7.74. The molecule has 0 amide bonds. The molecule has 0 aliphatic heterocycles. The summed E-state index contributed by atoms with van der Waals surface area (Å²) in [6.45, 7) is 0. The molecule has 3 heterocycles. The Morgan fingerprint density at radius 3 is 1.67 bits per heavy atom. The highest BCUT2D eigenvalue weighted by atomic mass is 32.1. The Labute approximate surface area is 263 Å². The summed E-state index contributed by atoms with van der Waals surface area (Å²) in [6, 6.07) is 57.5. The molecule has 3 heteroatoms. The van der Waals surface area contributed by atoms with E-state index >= 15 is 0 Å². The first kappa shape index (κ1) is 24.8. The zero-order chi connectivity index (χ0) is 29.5. The van der Waals surface area contributed by atoms with Crippen LogP contribution in [0.25, 0.3) is 86.3 Å². The molecule has 0 radical (unpaired) electrons. The number of rotatable bonds is 3. The maximum Gasteiger partial charge on any atom is 0.0726 e. The van der Waals surface area contributed by atoms with Crippen molar-refractivity contribution in [2.75, 3.05) is 0 Å².